The van der Waals surface area contributed by atoms with Crippen molar-refractivity contribution in [3.05, 3.63) is 0 Å². The second kappa shape index (κ2) is 46.0. The van der Waals surface area contributed by atoms with Crippen molar-refractivity contribution in [1.82, 2.24) is 4.90 Å². The number of aliphatic hydroxyl groups is 1. The molecule has 1 fully saturated rings. The number of hydrogen-bond donors (Lipinski definition) is 1. The van der Waals surface area contributed by atoms with Gasteiger partial charge in [0.2, 0.25) is 0 Å². The first-order chi connectivity index (χ1) is 31.0. The lowest BCUT2D eigenvalue weighted by Gasteiger charge is -2.38. The number of carbonyl (C=O) groups is 2. The van der Waals surface area contributed by atoms with Gasteiger partial charge in [-0.3, -0.25) is 9.59 Å². The lowest BCUT2D eigenvalue weighted by Crippen LogP contribution is -2.41. The van der Waals surface area contributed by atoms with Gasteiger partial charge in [-0.05, 0) is 89.0 Å². The molecular formula is C57H111NO5. The molecule has 0 saturated carbocycles. The van der Waals surface area contributed by atoms with E-state index in [1.807, 2.05) is 0 Å². The maximum atomic E-state index is 13.2. The van der Waals surface area contributed by atoms with Gasteiger partial charge in [-0.2, -0.15) is 0 Å². The normalized spacial score (nSPS) is 15.8. The summed E-state index contributed by atoms with van der Waals surface area (Å²) in [4.78, 5) is 29.0. The van der Waals surface area contributed by atoms with Crippen LogP contribution in [-0.4, -0.2) is 61.4 Å². The number of carbonyl (C=O) groups excluding carboxylic acids is 2. The van der Waals surface area contributed by atoms with Crippen molar-refractivity contribution in [2.75, 3.05) is 39.5 Å². The Morgan fingerprint density at radius 2 is 0.746 bits per heavy atom. The molecule has 0 aromatic rings. The minimum atomic E-state index is 0.0800. The van der Waals surface area contributed by atoms with Gasteiger partial charge >= 0.3 is 11.9 Å². The number of aliphatic hydroxyl groups excluding tert-OH is 1. The number of rotatable bonds is 48. The predicted molar refractivity (Wildman–Crippen MR) is 271 cm³/mol. The van der Waals surface area contributed by atoms with Crippen LogP contribution in [-0.2, 0) is 19.1 Å². The van der Waals surface area contributed by atoms with E-state index in [4.69, 9.17) is 9.47 Å². The van der Waals surface area contributed by atoms with Gasteiger partial charge in [-0.25, -0.2) is 0 Å². The molecule has 0 aliphatic carbocycles. The van der Waals surface area contributed by atoms with Crippen LogP contribution in [0.2, 0.25) is 0 Å². The van der Waals surface area contributed by atoms with Crippen molar-refractivity contribution in [2.24, 2.45) is 23.7 Å². The van der Waals surface area contributed by atoms with E-state index in [-0.39, 0.29) is 23.8 Å². The molecule has 1 saturated heterocycles. The fraction of sp³-hybridized carbons (Fsp3) is 0.965. The third-order valence-electron chi connectivity index (χ3n) is 14.4. The van der Waals surface area contributed by atoms with E-state index < -0.39 is 0 Å². The van der Waals surface area contributed by atoms with Crippen molar-refractivity contribution in [3.63, 3.8) is 0 Å². The van der Waals surface area contributed by atoms with E-state index >= 15 is 0 Å². The van der Waals surface area contributed by atoms with Crippen molar-refractivity contribution in [1.29, 1.82) is 0 Å². The highest BCUT2D eigenvalue weighted by Gasteiger charge is 2.27. The maximum absolute atomic E-state index is 13.2. The molecule has 2 unspecified atom stereocenters. The second-order valence-electron chi connectivity index (χ2n) is 20.5. The highest BCUT2D eigenvalue weighted by molar-refractivity contribution is 5.72. The average Bonchev–Trinajstić information content (AvgIpc) is 3.28. The first-order valence-corrected chi connectivity index (χ1v) is 28.6. The summed E-state index contributed by atoms with van der Waals surface area (Å²) in [6.07, 6.45) is 49.9. The Morgan fingerprint density at radius 3 is 1.10 bits per heavy atom. The van der Waals surface area contributed by atoms with Gasteiger partial charge in [0.25, 0.3) is 0 Å². The van der Waals surface area contributed by atoms with Crippen LogP contribution < -0.4 is 0 Å². The molecule has 6 heteroatoms. The van der Waals surface area contributed by atoms with Crippen LogP contribution in [0.25, 0.3) is 0 Å². The Hall–Kier alpha value is -1.14. The second-order valence-corrected chi connectivity index (χ2v) is 20.5. The smallest absolute Gasteiger partial charge is 0.308 e. The van der Waals surface area contributed by atoms with Gasteiger partial charge in [0, 0.05) is 19.7 Å². The molecule has 1 aliphatic rings. The summed E-state index contributed by atoms with van der Waals surface area (Å²) in [5.41, 5.74) is 0. The third kappa shape index (κ3) is 36.6. The summed E-state index contributed by atoms with van der Waals surface area (Å²) < 4.78 is 11.8. The number of esters is 2. The van der Waals surface area contributed by atoms with Gasteiger partial charge in [-0.15, -0.1) is 0 Å². The van der Waals surface area contributed by atoms with Crippen molar-refractivity contribution in [3.8, 4) is 0 Å². The molecule has 1 aliphatic heterocycles. The van der Waals surface area contributed by atoms with Crippen LogP contribution >= 0.6 is 0 Å². The summed E-state index contributed by atoms with van der Waals surface area (Å²) in [6.45, 7) is 14.1. The molecule has 1 heterocycles. The summed E-state index contributed by atoms with van der Waals surface area (Å²) in [5, 5.41) is 9.42. The summed E-state index contributed by atoms with van der Waals surface area (Å²) in [6, 6.07) is 0. The Kier molecular flexibility index (Phi) is 43.7. The minimum Gasteiger partial charge on any atom is -0.465 e. The molecule has 374 valence electrons. The molecule has 0 amide bonds. The molecule has 63 heavy (non-hydrogen) atoms. The molecule has 0 spiro atoms. The van der Waals surface area contributed by atoms with Gasteiger partial charge in [0.15, 0.2) is 0 Å². The highest BCUT2D eigenvalue weighted by atomic mass is 16.5. The van der Waals surface area contributed by atoms with Crippen LogP contribution in [0.5, 0.6) is 0 Å². The lowest BCUT2D eigenvalue weighted by atomic mass is 9.83. The average molecular weight is 891 g/mol. The SMILES string of the molecule is CCCCCCCCC(CCCCCCCC)C(=O)OCCCCCCC1CC(CCCCCCOC(=O)C(CCCCCCCC)CCCCCCCC)CN(CCCCO)C1. The van der Waals surface area contributed by atoms with Crippen molar-refractivity contribution >= 4 is 11.9 Å². The quantitative estimate of drug-likeness (QED) is 0.0484. The van der Waals surface area contributed by atoms with Gasteiger partial charge in [0.1, 0.15) is 0 Å². The zero-order chi connectivity index (χ0) is 45.7. The van der Waals surface area contributed by atoms with Crippen molar-refractivity contribution < 1.29 is 24.2 Å². The fourth-order valence-electron chi connectivity index (χ4n) is 10.3. The lowest BCUT2D eigenvalue weighted by molar-refractivity contribution is -0.150. The van der Waals surface area contributed by atoms with E-state index in [0.717, 1.165) is 108 Å². The Balaban J connectivity index is 2.41. The van der Waals surface area contributed by atoms with E-state index in [0.29, 0.717) is 19.8 Å². The first kappa shape index (κ1) is 59.9. The zero-order valence-corrected chi connectivity index (χ0v) is 43.1. The topological polar surface area (TPSA) is 76.1 Å². The van der Waals surface area contributed by atoms with E-state index in [9.17, 15) is 14.7 Å². The zero-order valence-electron chi connectivity index (χ0n) is 43.1. The minimum absolute atomic E-state index is 0.0800. The van der Waals surface area contributed by atoms with Gasteiger partial charge in [-0.1, -0.05) is 220 Å². The third-order valence-corrected chi connectivity index (χ3v) is 14.4. The number of nitrogens with zero attached hydrogens (tertiary/aromatic N) is 1. The number of likely N-dealkylation sites (tertiary alicyclic amines) is 1. The van der Waals surface area contributed by atoms with E-state index in [2.05, 4.69) is 32.6 Å². The Labute approximate surface area is 393 Å². The summed E-state index contributed by atoms with van der Waals surface area (Å²) in [5.74, 6) is 1.89. The van der Waals surface area contributed by atoms with Crippen LogP contribution in [0.1, 0.15) is 291 Å². The largest absolute Gasteiger partial charge is 0.465 e. The van der Waals surface area contributed by atoms with Crippen LogP contribution in [0.4, 0.5) is 0 Å². The Morgan fingerprint density at radius 1 is 0.429 bits per heavy atom. The molecule has 6 nitrogen and oxygen atoms in total. The standard InChI is InChI=1S/C57H111NO5/c1-5-9-13-17-21-31-41-54(42-32-22-18-14-10-6-2)56(60)62-47-37-27-25-29-39-52-49-53(51-58(50-52)45-35-36-46-59)40-30-26-28-38-48-63-57(61)55(43-33-23-19-15-11-7-3)44-34-24-20-16-12-8-4/h52-55,59H,5-51H2,1-4H3. The monoisotopic (exact) mass is 890 g/mol. The molecule has 0 bridgehead atoms. The summed E-state index contributed by atoms with van der Waals surface area (Å²) in [7, 11) is 0. The number of ether oxygens (including phenoxy) is 2. The molecule has 0 aromatic heterocycles. The fourth-order valence-corrected chi connectivity index (χ4v) is 10.3. The highest BCUT2D eigenvalue weighted by Crippen LogP contribution is 2.30. The van der Waals surface area contributed by atoms with Crippen LogP contribution in [0, 0.1) is 23.7 Å². The first-order valence-electron chi connectivity index (χ1n) is 28.6. The van der Waals surface area contributed by atoms with Gasteiger partial charge < -0.3 is 19.5 Å². The molecule has 0 aromatic carbocycles. The van der Waals surface area contributed by atoms with E-state index in [1.165, 1.54) is 186 Å². The van der Waals surface area contributed by atoms with Crippen molar-refractivity contribution in [2.45, 2.75) is 291 Å². The van der Waals surface area contributed by atoms with E-state index in [1.54, 1.807) is 0 Å². The molecule has 1 N–H and O–H groups in total. The Bertz CT molecular complexity index is 872. The predicted octanol–water partition coefficient (Wildman–Crippen LogP) is 16.9. The molecular weight excluding hydrogens is 779 g/mol. The molecule has 1 rings (SSSR count). The number of unbranched alkanes of at least 4 members (excludes halogenated alkanes) is 27. The summed E-state index contributed by atoms with van der Waals surface area (Å²) >= 11 is 0. The number of hydrogen-bond acceptors (Lipinski definition) is 6. The molecule has 0 radical (unpaired) electrons. The van der Waals surface area contributed by atoms with Gasteiger partial charge in [0.05, 0.1) is 25.0 Å². The van der Waals surface area contributed by atoms with Crippen LogP contribution in [0.15, 0.2) is 0 Å². The number of piperidine rings is 1. The maximum Gasteiger partial charge on any atom is 0.308 e. The van der Waals surface area contributed by atoms with Crippen LogP contribution in [0.3, 0.4) is 0 Å². The molecule has 2 atom stereocenters.